The molecular weight excluding hydrogens is 330 g/mol. The Morgan fingerprint density at radius 2 is 2.12 bits per heavy atom. The van der Waals surface area contributed by atoms with Crippen LogP contribution < -0.4 is 21.1 Å². The summed E-state index contributed by atoms with van der Waals surface area (Å²) in [6.45, 7) is -0.550. The van der Waals surface area contributed by atoms with Gasteiger partial charge in [0.15, 0.2) is 5.76 Å². The second-order valence-electron chi connectivity index (χ2n) is 5.19. The van der Waals surface area contributed by atoms with Crippen LogP contribution in [0.1, 0.15) is 23.0 Å². The van der Waals surface area contributed by atoms with Crippen LogP contribution in [0.2, 0.25) is 0 Å². The number of hydrogen-bond acceptors (Lipinski definition) is 9. The standard InChI is InChI=1S/C16H12N3O6/c17-6-10-13(9-3-1-2-4-11(9)19(22)23)15-14(25-16(10)18)12(21)5-8(7-20)24-15/h1-5,13,20,22H,7,18H2/q-1. The zero-order chi connectivity index (χ0) is 18.1. The van der Waals surface area contributed by atoms with Gasteiger partial charge in [-0.25, -0.2) is 0 Å². The van der Waals surface area contributed by atoms with E-state index in [0.717, 1.165) is 6.07 Å². The van der Waals surface area contributed by atoms with Gasteiger partial charge >= 0.3 is 0 Å². The first kappa shape index (κ1) is 16.5. The number of fused-ring (bicyclic) bond motifs is 1. The number of nitrogens with zero attached hydrogens (tertiary/aromatic N) is 2. The van der Waals surface area contributed by atoms with Crippen molar-refractivity contribution in [3.8, 4) is 11.8 Å². The smallest absolute Gasteiger partial charge is 0.228 e. The Bertz CT molecular complexity index is 957. The molecule has 0 amide bonds. The van der Waals surface area contributed by atoms with E-state index in [0.29, 0.717) is 0 Å². The van der Waals surface area contributed by atoms with Crippen LogP contribution >= 0.6 is 0 Å². The molecule has 2 heterocycles. The van der Waals surface area contributed by atoms with Crippen LogP contribution in [0.5, 0.6) is 5.75 Å². The lowest BCUT2D eigenvalue weighted by molar-refractivity contribution is 0.231. The van der Waals surface area contributed by atoms with Gasteiger partial charge in [0.2, 0.25) is 17.1 Å². The maximum absolute atomic E-state index is 12.2. The van der Waals surface area contributed by atoms with Crippen LogP contribution in [0.15, 0.2) is 51.0 Å². The highest BCUT2D eigenvalue weighted by molar-refractivity contribution is 5.62. The maximum Gasteiger partial charge on any atom is 0.228 e. The van der Waals surface area contributed by atoms with E-state index in [9.17, 15) is 25.6 Å². The van der Waals surface area contributed by atoms with Crippen molar-refractivity contribution < 1.29 is 19.5 Å². The van der Waals surface area contributed by atoms with E-state index < -0.39 is 18.0 Å². The fourth-order valence-electron chi connectivity index (χ4n) is 2.68. The first-order chi connectivity index (χ1) is 12.0. The number of para-hydroxylation sites is 1. The van der Waals surface area contributed by atoms with E-state index in [1.165, 1.54) is 18.2 Å². The molecule has 9 nitrogen and oxygen atoms in total. The summed E-state index contributed by atoms with van der Waals surface area (Å²) in [5, 5.41) is 39.2. The number of nitrogens with two attached hydrogens (primary N) is 1. The van der Waals surface area contributed by atoms with E-state index in [1.807, 2.05) is 6.07 Å². The Balaban J connectivity index is 2.34. The van der Waals surface area contributed by atoms with E-state index in [2.05, 4.69) is 0 Å². The largest absolute Gasteiger partial charge is 0.733 e. The minimum absolute atomic E-state index is 0.0458. The molecule has 1 aromatic carbocycles. The van der Waals surface area contributed by atoms with Crippen LogP contribution in [-0.2, 0) is 6.61 Å². The predicted molar refractivity (Wildman–Crippen MR) is 84.3 cm³/mol. The van der Waals surface area contributed by atoms with Gasteiger partial charge in [0, 0.05) is 6.07 Å². The van der Waals surface area contributed by atoms with Gasteiger partial charge in [0.1, 0.15) is 24.0 Å². The van der Waals surface area contributed by atoms with Crippen molar-refractivity contribution in [2.24, 2.45) is 5.73 Å². The number of benzene rings is 1. The first-order valence-electron chi connectivity index (χ1n) is 7.08. The molecule has 0 bridgehead atoms. The molecule has 25 heavy (non-hydrogen) atoms. The summed E-state index contributed by atoms with van der Waals surface area (Å²) < 4.78 is 10.7. The van der Waals surface area contributed by atoms with Crippen molar-refractivity contribution in [1.29, 1.82) is 5.26 Å². The minimum Gasteiger partial charge on any atom is -0.733 e. The number of allylic oxidation sites excluding steroid dienone is 1. The molecular formula is C16H12N3O6-. The molecule has 0 spiro atoms. The molecule has 1 aromatic heterocycles. The van der Waals surface area contributed by atoms with Gasteiger partial charge in [-0.3, -0.25) is 10.0 Å². The van der Waals surface area contributed by atoms with E-state index in [4.69, 9.17) is 14.9 Å². The Morgan fingerprint density at radius 1 is 1.40 bits per heavy atom. The lowest BCUT2D eigenvalue weighted by Gasteiger charge is -2.30. The van der Waals surface area contributed by atoms with Crippen LogP contribution in [0.3, 0.4) is 0 Å². The van der Waals surface area contributed by atoms with Gasteiger partial charge in [-0.1, -0.05) is 18.2 Å². The summed E-state index contributed by atoms with van der Waals surface area (Å²) in [6, 6.07) is 8.81. The van der Waals surface area contributed by atoms with Gasteiger partial charge in [0.25, 0.3) is 0 Å². The molecule has 1 aliphatic rings. The average molecular weight is 342 g/mol. The first-order valence-corrected chi connectivity index (χ1v) is 7.08. The van der Waals surface area contributed by atoms with Crippen molar-refractivity contribution in [3.05, 3.63) is 74.3 Å². The minimum atomic E-state index is -1.06. The van der Waals surface area contributed by atoms with Crippen molar-refractivity contribution in [2.45, 2.75) is 12.5 Å². The van der Waals surface area contributed by atoms with Crippen molar-refractivity contribution in [1.82, 2.24) is 0 Å². The molecule has 2 aromatic rings. The monoisotopic (exact) mass is 342 g/mol. The second kappa shape index (κ2) is 6.29. The summed E-state index contributed by atoms with van der Waals surface area (Å²) in [7, 11) is 0. The zero-order valence-corrected chi connectivity index (χ0v) is 12.7. The fourth-order valence-corrected chi connectivity index (χ4v) is 2.68. The zero-order valence-electron chi connectivity index (χ0n) is 12.7. The highest BCUT2D eigenvalue weighted by Crippen LogP contribution is 2.43. The fraction of sp³-hybridized carbons (Fsp3) is 0.125. The van der Waals surface area contributed by atoms with Gasteiger partial charge < -0.3 is 30.4 Å². The number of rotatable bonds is 3. The molecule has 128 valence electrons. The molecule has 4 N–H and O–H groups in total. The third-order valence-electron chi connectivity index (χ3n) is 3.74. The molecule has 1 aliphatic heterocycles. The van der Waals surface area contributed by atoms with Crippen molar-refractivity contribution >= 4 is 5.69 Å². The number of aliphatic hydroxyl groups is 1. The summed E-state index contributed by atoms with van der Waals surface area (Å²) >= 11 is 0. The molecule has 0 saturated carbocycles. The molecule has 0 radical (unpaired) electrons. The Hall–Kier alpha value is -3.32. The lowest BCUT2D eigenvalue weighted by Crippen LogP contribution is -2.26. The average Bonchev–Trinajstić information content (AvgIpc) is 2.61. The van der Waals surface area contributed by atoms with Gasteiger partial charge in [-0.15, -0.1) is 0 Å². The number of anilines is 1. The number of nitriles is 1. The number of aliphatic hydroxyl groups excluding tert-OH is 1. The van der Waals surface area contributed by atoms with Gasteiger partial charge in [-0.05, 0) is 11.6 Å². The molecule has 0 fully saturated rings. The predicted octanol–water partition coefficient (Wildman–Crippen LogP) is 1.04. The second-order valence-corrected chi connectivity index (χ2v) is 5.19. The van der Waals surface area contributed by atoms with Crippen LogP contribution in [0, 0.1) is 16.5 Å². The number of ether oxygens (including phenoxy) is 1. The Labute approximate surface area is 140 Å². The van der Waals surface area contributed by atoms with Crippen molar-refractivity contribution in [2.75, 3.05) is 5.23 Å². The molecule has 0 saturated heterocycles. The van der Waals surface area contributed by atoms with Crippen LogP contribution in [-0.4, -0.2) is 10.3 Å². The molecule has 0 aliphatic carbocycles. The van der Waals surface area contributed by atoms with E-state index in [-0.39, 0.29) is 45.2 Å². The highest BCUT2D eigenvalue weighted by Gasteiger charge is 2.36. The normalized spacial score (nSPS) is 16.0. The molecule has 3 rings (SSSR count). The Kier molecular flexibility index (Phi) is 4.16. The van der Waals surface area contributed by atoms with Gasteiger partial charge in [-0.2, -0.15) is 5.26 Å². The topological polar surface area (TPSA) is 156 Å². The summed E-state index contributed by atoms with van der Waals surface area (Å²) in [5.41, 5.74) is 5.08. The summed E-state index contributed by atoms with van der Waals surface area (Å²) in [6.07, 6.45) is 0. The Morgan fingerprint density at radius 3 is 2.76 bits per heavy atom. The van der Waals surface area contributed by atoms with E-state index >= 15 is 0 Å². The van der Waals surface area contributed by atoms with Crippen LogP contribution in [0.25, 0.3) is 0 Å². The SMILES string of the molecule is N#CC1=C(N)Oc2c(oc(CO)cc2=O)C1c1ccccc1N([O-])O. The van der Waals surface area contributed by atoms with Crippen LogP contribution in [0.4, 0.5) is 5.69 Å². The molecule has 1 unspecified atom stereocenters. The lowest BCUT2D eigenvalue weighted by atomic mass is 9.86. The quantitative estimate of drug-likeness (QED) is 0.693. The molecule has 9 heteroatoms. The number of hydrogen-bond donors (Lipinski definition) is 3. The van der Waals surface area contributed by atoms with Crippen molar-refractivity contribution in [3.63, 3.8) is 0 Å². The van der Waals surface area contributed by atoms with E-state index in [1.54, 1.807) is 6.07 Å². The molecule has 1 atom stereocenters. The summed E-state index contributed by atoms with van der Waals surface area (Å²) in [4.78, 5) is 12.2. The third-order valence-corrected chi connectivity index (χ3v) is 3.74. The third kappa shape index (κ3) is 2.70. The highest BCUT2D eigenvalue weighted by atomic mass is 16.8. The maximum atomic E-state index is 12.2. The summed E-state index contributed by atoms with van der Waals surface area (Å²) in [5.74, 6) is -1.75. The van der Waals surface area contributed by atoms with Gasteiger partial charge in [0.05, 0.1) is 11.6 Å².